The van der Waals surface area contributed by atoms with Gasteiger partial charge in [-0.3, -0.25) is 4.79 Å². The number of nitrogens with one attached hydrogen (secondary N) is 1. The van der Waals surface area contributed by atoms with Gasteiger partial charge in [0.25, 0.3) is 0 Å². The van der Waals surface area contributed by atoms with Crippen LogP contribution in [0.5, 0.6) is 0 Å². The van der Waals surface area contributed by atoms with Gasteiger partial charge in [-0.05, 0) is 32.6 Å². The first-order valence-corrected chi connectivity index (χ1v) is 7.25. The fourth-order valence-corrected chi connectivity index (χ4v) is 2.41. The molecular formula is C14H29ClN2O2. The van der Waals surface area contributed by atoms with Crippen LogP contribution in [-0.4, -0.2) is 30.7 Å². The summed E-state index contributed by atoms with van der Waals surface area (Å²) in [6.45, 7) is 5.22. The lowest BCUT2D eigenvalue weighted by Crippen LogP contribution is -2.51. The van der Waals surface area contributed by atoms with Gasteiger partial charge < -0.3 is 15.8 Å². The highest BCUT2D eigenvalue weighted by Crippen LogP contribution is 2.20. The Hall–Kier alpha value is -0.320. The van der Waals surface area contributed by atoms with Crippen molar-refractivity contribution in [2.75, 3.05) is 13.2 Å². The van der Waals surface area contributed by atoms with Crippen LogP contribution in [0.1, 0.15) is 58.8 Å². The van der Waals surface area contributed by atoms with E-state index in [1.165, 1.54) is 25.7 Å². The molecule has 0 aliphatic heterocycles. The van der Waals surface area contributed by atoms with Gasteiger partial charge in [-0.15, -0.1) is 12.4 Å². The molecule has 0 bridgehead atoms. The zero-order valence-electron chi connectivity index (χ0n) is 12.2. The first-order valence-electron chi connectivity index (χ1n) is 7.25. The van der Waals surface area contributed by atoms with Gasteiger partial charge in [0.2, 0.25) is 5.91 Å². The molecule has 0 saturated heterocycles. The molecule has 0 radical (unpaired) electrons. The van der Waals surface area contributed by atoms with Gasteiger partial charge in [0.1, 0.15) is 0 Å². The van der Waals surface area contributed by atoms with Crippen LogP contribution in [0.3, 0.4) is 0 Å². The average Bonchev–Trinajstić information content (AvgIpc) is 2.81. The second kappa shape index (κ2) is 9.56. The molecule has 1 aliphatic rings. The highest BCUT2D eigenvalue weighted by molar-refractivity contribution is 5.85. The van der Waals surface area contributed by atoms with Crippen LogP contribution in [0.25, 0.3) is 0 Å². The van der Waals surface area contributed by atoms with Crippen molar-refractivity contribution in [3.63, 3.8) is 0 Å². The quantitative estimate of drug-likeness (QED) is 0.675. The van der Waals surface area contributed by atoms with E-state index in [0.29, 0.717) is 12.6 Å². The van der Waals surface area contributed by atoms with Gasteiger partial charge in [-0.2, -0.15) is 0 Å². The highest BCUT2D eigenvalue weighted by Gasteiger charge is 2.26. The molecule has 0 heterocycles. The zero-order valence-corrected chi connectivity index (χ0v) is 13.1. The molecule has 0 spiro atoms. The van der Waals surface area contributed by atoms with Gasteiger partial charge in [0.05, 0.1) is 11.6 Å². The third-order valence-electron chi connectivity index (χ3n) is 3.55. The van der Waals surface area contributed by atoms with E-state index in [1.807, 2.05) is 6.92 Å². The first-order chi connectivity index (χ1) is 8.56. The fourth-order valence-electron chi connectivity index (χ4n) is 2.41. The molecule has 0 aromatic carbocycles. The number of hydrogen-bond donors (Lipinski definition) is 2. The van der Waals surface area contributed by atoms with Crippen molar-refractivity contribution in [2.45, 2.75) is 70.4 Å². The number of ether oxygens (including phenoxy) is 1. The number of carbonyl (C=O) groups is 1. The van der Waals surface area contributed by atoms with Gasteiger partial charge in [0.15, 0.2) is 0 Å². The SMILES string of the molecule is CCCC(C)(N)C(=O)NCCCOC1CCCC1.Cl. The van der Waals surface area contributed by atoms with Crippen LogP contribution in [-0.2, 0) is 9.53 Å². The Morgan fingerprint density at radius 1 is 1.42 bits per heavy atom. The van der Waals surface area contributed by atoms with E-state index in [1.54, 1.807) is 6.92 Å². The Morgan fingerprint density at radius 2 is 2.05 bits per heavy atom. The van der Waals surface area contributed by atoms with Crippen LogP contribution in [0.15, 0.2) is 0 Å². The molecular weight excluding hydrogens is 264 g/mol. The Bertz CT molecular complexity index is 254. The van der Waals surface area contributed by atoms with Crippen molar-refractivity contribution in [1.29, 1.82) is 0 Å². The van der Waals surface area contributed by atoms with Gasteiger partial charge >= 0.3 is 0 Å². The molecule has 0 aromatic heterocycles. The molecule has 1 unspecified atom stereocenters. The minimum atomic E-state index is -0.735. The Labute approximate surface area is 123 Å². The fraction of sp³-hybridized carbons (Fsp3) is 0.929. The average molecular weight is 293 g/mol. The molecule has 1 amide bonds. The molecule has 0 aromatic rings. The molecule has 5 heteroatoms. The van der Waals surface area contributed by atoms with Crippen LogP contribution in [0.2, 0.25) is 0 Å². The summed E-state index contributed by atoms with van der Waals surface area (Å²) < 4.78 is 5.74. The lowest BCUT2D eigenvalue weighted by atomic mass is 9.96. The Kier molecular flexibility index (Phi) is 9.40. The summed E-state index contributed by atoms with van der Waals surface area (Å²) in [6.07, 6.45) is 7.95. The molecule has 1 atom stereocenters. The number of nitrogens with two attached hydrogens (primary N) is 1. The third-order valence-corrected chi connectivity index (χ3v) is 3.55. The van der Waals surface area contributed by atoms with Crippen molar-refractivity contribution < 1.29 is 9.53 Å². The van der Waals surface area contributed by atoms with Gasteiger partial charge in [-0.25, -0.2) is 0 Å². The van der Waals surface area contributed by atoms with Crippen molar-refractivity contribution >= 4 is 18.3 Å². The monoisotopic (exact) mass is 292 g/mol. The van der Waals surface area contributed by atoms with E-state index in [4.69, 9.17) is 10.5 Å². The van der Waals surface area contributed by atoms with Gasteiger partial charge in [0, 0.05) is 13.2 Å². The number of hydrogen-bond acceptors (Lipinski definition) is 3. The molecule has 1 rings (SSSR count). The smallest absolute Gasteiger partial charge is 0.239 e. The zero-order chi connectivity index (χ0) is 13.4. The normalized spacial score (nSPS) is 18.7. The van der Waals surface area contributed by atoms with Crippen LogP contribution < -0.4 is 11.1 Å². The standard InChI is InChI=1S/C14H28N2O2.ClH/c1-3-9-14(2,15)13(17)16-10-6-11-18-12-7-4-5-8-12;/h12H,3-11,15H2,1-2H3,(H,16,17);1H. The van der Waals surface area contributed by atoms with Crippen LogP contribution in [0.4, 0.5) is 0 Å². The van der Waals surface area contributed by atoms with E-state index >= 15 is 0 Å². The summed E-state index contributed by atoms with van der Waals surface area (Å²) in [5.41, 5.74) is 5.21. The highest BCUT2D eigenvalue weighted by atomic mass is 35.5. The topological polar surface area (TPSA) is 64.4 Å². The van der Waals surface area contributed by atoms with E-state index in [0.717, 1.165) is 25.9 Å². The number of halogens is 1. The summed E-state index contributed by atoms with van der Waals surface area (Å²) in [6, 6.07) is 0. The van der Waals surface area contributed by atoms with E-state index in [2.05, 4.69) is 5.32 Å². The van der Waals surface area contributed by atoms with Crippen LogP contribution >= 0.6 is 12.4 Å². The summed E-state index contributed by atoms with van der Waals surface area (Å²) in [5, 5.41) is 2.89. The van der Waals surface area contributed by atoms with Crippen molar-refractivity contribution in [3.05, 3.63) is 0 Å². The molecule has 1 saturated carbocycles. The van der Waals surface area contributed by atoms with Gasteiger partial charge in [-0.1, -0.05) is 26.2 Å². The summed E-state index contributed by atoms with van der Waals surface area (Å²) >= 11 is 0. The number of rotatable bonds is 8. The maximum Gasteiger partial charge on any atom is 0.239 e. The molecule has 19 heavy (non-hydrogen) atoms. The third kappa shape index (κ3) is 7.14. The molecule has 3 N–H and O–H groups in total. The van der Waals surface area contributed by atoms with Crippen molar-refractivity contribution in [2.24, 2.45) is 5.73 Å². The second-order valence-electron chi connectivity index (χ2n) is 5.55. The summed E-state index contributed by atoms with van der Waals surface area (Å²) in [4.78, 5) is 11.8. The minimum Gasteiger partial charge on any atom is -0.378 e. The first kappa shape index (κ1) is 18.7. The predicted molar refractivity (Wildman–Crippen MR) is 80.6 cm³/mol. The Morgan fingerprint density at radius 3 is 2.63 bits per heavy atom. The molecule has 4 nitrogen and oxygen atoms in total. The maximum absolute atomic E-state index is 11.8. The minimum absolute atomic E-state index is 0. The van der Waals surface area contributed by atoms with Crippen molar-refractivity contribution in [3.8, 4) is 0 Å². The lowest BCUT2D eigenvalue weighted by Gasteiger charge is -2.22. The van der Waals surface area contributed by atoms with E-state index < -0.39 is 5.54 Å². The summed E-state index contributed by atoms with van der Waals surface area (Å²) in [5.74, 6) is -0.0507. The molecule has 1 aliphatic carbocycles. The number of carbonyl (C=O) groups excluding carboxylic acids is 1. The van der Waals surface area contributed by atoms with E-state index in [9.17, 15) is 4.79 Å². The Balaban J connectivity index is 0.00000324. The maximum atomic E-state index is 11.8. The molecule has 114 valence electrons. The predicted octanol–water partition coefficient (Wildman–Crippen LogP) is 2.39. The summed E-state index contributed by atoms with van der Waals surface area (Å²) in [7, 11) is 0. The lowest BCUT2D eigenvalue weighted by molar-refractivity contribution is -0.126. The number of amides is 1. The van der Waals surface area contributed by atoms with E-state index in [-0.39, 0.29) is 18.3 Å². The van der Waals surface area contributed by atoms with Crippen LogP contribution in [0, 0.1) is 0 Å². The van der Waals surface area contributed by atoms with Crippen molar-refractivity contribution in [1.82, 2.24) is 5.32 Å². The largest absolute Gasteiger partial charge is 0.378 e. The molecule has 1 fully saturated rings. The second-order valence-corrected chi connectivity index (χ2v) is 5.55.